The molecule has 4 atom stereocenters. The molecule has 145 heavy (non-hydrogen) atoms. The Morgan fingerprint density at radius 3 is 1.08 bits per heavy atom. The van der Waals surface area contributed by atoms with Crippen LogP contribution in [0.1, 0.15) is 125 Å². The minimum absolute atomic E-state index is 0.0870. The second kappa shape index (κ2) is 41.9. The Labute approximate surface area is 831 Å². The average molecular weight is 1920 g/mol. The average Bonchev–Trinajstić information content (AvgIpc) is 1.59. The van der Waals surface area contributed by atoms with Gasteiger partial charge < -0.3 is 31.1 Å². The molecule has 0 aliphatic carbocycles. The molecule has 2 amide bonds. The van der Waals surface area contributed by atoms with Gasteiger partial charge in [-0.3, -0.25) is 71.5 Å². The maximum atomic E-state index is 14.3. The molecule has 720 valence electrons. The molecule has 0 spiro atoms. The molecule has 20 aromatic rings. The first-order valence-electron chi connectivity index (χ1n) is 46.7. The first-order chi connectivity index (χ1) is 70.3. The molecule has 8 aromatic carbocycles. The van der Waals surface area contributed by atoms with Crippen molar-refractivity contribution in [1.29, 1.82) is 0 Å². The fraction of sp³-hybridized carbons (Fsp3) is 0.173. The minimum atomic E-state index is -0.377. The van der Waals surface area contributed by atoms with E-state index < -0.39 is 0 Å². The molecule has 0 unspecified atom stereocenters. The second-order valence-corrected chi connectivity index (χ2v) is 35.1. The van der Waals surface area contributed by atoms with Gasteiger partial charge in [-0.2, -0.15) is 30.7 Å². The van der Waals surface area contributed by atoms with Crippen LogP contribution in [0.5, 0.6) is 0 Å². The highest BCUT2D eigenvalue weighted by atomic mass is 16.2. The predicted octanol–water partition coefficient (Wildman–Crippen LogP) is 18.7. The smallest absolute Gasteiger partial charge is 0.263 e. The maximum Gasteiger partial charge on any atom is 0.263 e. The quantitative estimate of drug-likeness (QED) is 0.0343. The highest BCUT2D eigenvalue weighted by molar-refractivity contribution is 6.02. The van der Waals surface area contributed by atoms with Crippen molar-refractivity contribution in [3.8, 4) is 67.5 Å². The van der Waals surface area contributed by atoms with Crippen LogP contribution in [0.3, 0.4) is 0 Å². The molecule has 12 aromatic heterocycles. The van der Waals surface area contributed by atoms with Crippen molar-refractivity contribution < 1.29 is 9.59 Å². The minimum Gasteiger partial charge on any atom is -0.371 e. The lowest BCUT2D eigenvalue weighted by Crippen LogP contribution is -2.42. The van der Waals surface area contributed by atoms with Gasteiger partial charge in [-0.1, -0.05) is 146 Å². The monoisotopic (exact) mass is 1920 g/mol. The van der Waals surface area contributed by atoms with Crippen molar-refractivity contribution in [3.63, 3.8) is 0 Å². The van der Waals surface area contributed by atoms with Gasteiger partial charge in [0.2, 0.25) is 11.4 Å². The van der Waals surface area contributed by atoms with Gasteiger partial charge in [-0.25, -0.2) is 39.6 Å². The zero-order chi connectivity index (χ0) is 101. The molecule has 1 saturated heterocycles. The summed E-state index contributed by atoms with van der Waals surface area (Å²) in [5.41, 5.74) is 13.1. The number of aromatic nitrogens is 21. The Morgan fingerprint density at radius 1 is 0.400 bits per heavy atom. The van der Waals surface area contributed by atoms with Gasteiger partial charge in [0.25, 0.3) is 34.1 Å². The number of fused-ring (bicyclic) bond motifs is 4. The number of carbonyl (C=O) groups is 2. The third-order valence-corrected chi connectivity index (χ3v) is 24.9. The summed E-state index contributed by atoms with van der Waals surface area (Å²) in [7, 11) is 7.09. The largest absolute Gasteiger partial charge is 0.371 e. The number of benzene rings is 8. The van der Waals surface area contributed by atoms with Crippen LogP contribution in [-0.2, 0) is 14.1 Å². The van der Waals surface area contributed by atoms with Crippen molar-refractivity contribution in [2.45, 2.75) is 86.0 Å². The zero-order valence-corrected chi connectivity index (χ0v) is 81.3. The molecule has 6 N–H and O–H groups in total. The second-order valence-electron chi connectivity index (χ2n) is 35.1. The van der Waals surface area contributed by atoms with E-state index in [1.54, 1.807) is 105 Å². The molecule has 35 heteroatoms. The number of carbonyl (C=O) groups excluding carboxylic acids is 2. The lowest BCUT2D eigenvalue weighted by Gasteiger charge is -2.31. The highest BCUT2D eigenvalue weighted by Crippen LogP contribution is 2.38. The van der Waals surface area contributed by atoms with Gasteiger partial charge in [-0.05, 0) is 173 Å². The molecule has 0 radical (unpaired) electrons. The Balaban J connectivity index is 0.000000127. The number of aromatic amines is 2. The Hall–Kier alpha value is -19.2. The number of pyridine rings is 4. The maximum absolute atomic E-state index is 14.3. The number of para-hydroxylation sites is 4. The molecule has 21 rings (SSSR count). The van der Waals surface area contributed by atoms with Crippen molar-refractivity contribution in [3.05, 3.63) is 408 Å². The SMILES string of the molecule is Cc1ncc(C(=O)N(C)C)c(N[C@@H](C)c2cc3cccc(-c4cnn(C)c4)c3c(=O)n2-c2ccccc2)n1.Cc1ncc(C(=O)N2CCC2)c(N[C@@H](C)c2cc3cccc(-c4cnn(C)c4)c3c(=O)n2-c2ccccc2)n1.[C-]#[N+]c1cnc(C)nc1N[C@@H](C)c1cc2cccc(-c3ccn[nH]3)c2c(=O)n1-c1ccccc1.[C-]#[N+]c1cnc(C)nc1N[C@@H](C)c1cc2cccc(-c3cn[nH]n3)c2c(=O)n1-c1ccccc1. The molecule has 13 heterocycles. The Kier molecular flexibility index (Phi) is 27.7. The molecular formula is C110H99N29O6. The van der Waals surface area contributed by atoms with Crippen LogP contribution in [0.25, 0.3) is 120 Å². The number of anilines is 4. The lowest BCUT2D eigenvalue weighted by atomic mass is 9.99. The first kappa shape index (κ1) is 96.1. The van der Waals surface area contributed by atoms with Gasteiger partial charge in [0.1, 0.15) is 63.4 Å². The molecule has 0 bridgehead atoms. The predicted molar refractivity (Wildman–Crippen MR) is 562 cm³/mol. The lowest BCUT2D eigenvalue weighted by molar-refractivity contribution is 0.0651. The fourth-order valence-corrected chi connectivity index (χ4v) is 17.8. The van der Waals surface area contributed by atoms with E-state index in [2.05, 4.69) is 107 Å². The van der Waals surface area contributed by atoms with E-state index in [4.69, 9.17) is 13.1 Å². The summed E-state index contributed by atoms with van der Waals surface area (Å²) in [6.07, 6.45) is 17.7. The summed E-state index contributed by atoms with van der Waals surface area (Å²) in [4.78, 5) is 127. The number of aryl methyl sites for hydroxylation is 6. The van der Waals surface area contributed by atoms with Crippen LogP contribution in [-0.4, -0.2) is 152 Å². The van der Waals surface area contributed by atoms with Crippen molar-refractivity contribution in [1.82, 2.24) is 113 Å². The fourth-order valence-electron chi connectivity index (χ4n) is 17.8. The third-order valence-electron chi connectivity index (χ3n) is 24.9. The van der Waals surface area contributed by atoms with E-state index in [0.29, 0.717) is 102 Å². The van der Waals surface area contributed by atoms with Crippen molar-refractivity contribution in [2.75, 3.05) is 48.5 Å². The Bertz CT molecular complexity index is 8380. The van der Waals surface area contributed by atoms with Gasteiger partial charge >= 0.3 is 0 Å². The summed E-state index contributed by atoms with van der Waals surface area (Å²) in [5, 5.41) is 45.4. The summed E-state index contributed by atoms with van der Waals surface area (Å²) < 4.78 is 10.3. The van der Waals surface area contributed by atoms with E-state index >= 15 is 0 Å². The van der Waals surface area contributed by atoms with Crippen LogP contribution in [0, 0.1) is 40.8 Å². The van der Waals surface area contributed by atoms with Gasteiger partial charge in [0, 0.05) is 152 Å². The summed E-state index contributed by atoms with van der Waals surface area (Å²) >= 11 is 0. The first-order valence-corrected chi connectivity index (χ1v) is 46.7. The van der Waals surface area contributed by atoms with E-state index in [-0.39, 0.29) is 58.2 Å². The highest BCUT2D eigenvalue weighted by Gasteiger charge is 2.31. The molecule has 1 aliphatic rings. The molecule has 1 fully saturated rings. The van der Waals surface area contributed by atoms with E-state index in [1.807, 2.05) is 279 Å². The zero-order valence-electron chi connectivity index (χ0n) is 81.3. The van der Waals surface area contributed by atoms with Gasteiger partial charge in [0.15, 0.2) is 0 Å². The normalized spacial score (nSPS) is 12.4. The van der Waals surface area contributed by atoms with E-state index in [1.165, 1.54) is 23.5 Å². The standard InChI is InChI=1S/C30H29N7O2.C29H29N7O2.C26H21N7O.C25H20N8O/c1-19(33-28-25(17-31-20(2)34-28)29(38)36-13-8-14-36)26-15-21-9-7-12-24(22-16-32-35(3)18-22)27(21)30(39)37(26)23-10-5-4-6-11-23;1-18(32-27-24(28(37)34(3)4)16-30-19(2)33-27)25-14-20-10-9-13-23(21-15-31-35(5)17-21)26(20)29(38)36(25)22-11-7-6-8-12-22;1-16(30-25-22(27-3)15-28-17(2)31-25)23-14-18-8-7-11-20(21-12-13-29-32-21)24(18)26(34)33(23)19-9-5-4-6-10-19;1-15(29-24-21(26-3)13-27-16(2)30-24)22-12-17-8-7-11-19(20-14-28-32-31-20)23(17)25(34)33(22)18-9-5-4-6-10-18/h4-7,9-12,15-19H,8,13-14H2,1-3H3,(H,31,33,34);6-18H,1-5H3,(H,30,32,33);4-16H,1-2H3,(H,29,32)(H,28,30,31);4-15H,1-2H3,(H,27,29,30)(H,28,31,32)/t19-;18-;16-;15-/m0000/s1. The number of hydrogen-bond donors (Lipinski definition) is 6. The summed E-state index contributed by atoms with van der Waals surface area (Å²) in [6.45, 7) is 31.3. The van der Waals surface area contributed by atoms with E-state index in [9.17, 15) is 28.8 Å². The number of nitrogens with one attached hydrogen (secondary N) is 6. The van der Waals surface area contributed by atoms with Crippen LogP contribution < -0.4 is 43.5 Å². The number of nitrogens with zero attached hydrogens (tertiary/aromatic N) is 23. The number of amides is 2. The number of rotatable bonds is 22. The van der Waals surface area contributed by atoms with Gasteiger partial charge in [0.05, 0.1) is 83.1 Å². The third kappa shape index (κ3) is 20.0. The van der Waals surface area contributed by atoms with Gasteiger partial charge in [-0.15, -0.1) is 0 Å². The van der Waals surface area contributed by atoms with E-state index in [0.717, 1.165) is 120 Å². The number of hydrogen-bond acceptors (Lipinski definition) is 23. The molecule has 0 saturated carbocycles. The van der Waals surface area contributed by atoms with Crippen LogP contribution in [0.15, 0.2) is 306 Å². The topological polar surface area (TPSA) is 394 Å². The molecule has 1 aliphatic heterocycles. The van der Waals surface area contributed by atoms with Crippen molar-refractivity contribution >= 4 is 89.6 Å². The molecule has 35 nitrogen and oxygen atoms in total. The van der Waals surface area contributed by atoms with Crippen LogP contribution >= 0.6 is 0 Å². The Morgan fingerprint density at radius 2 is 0.745 bits per heavy atom. The number of H-pyrrole nitrogens is 2. The van der Waals surface area contributed by atoms with Crippen molar-refractivity contribution in [2.24, 2.45) is 14.1 Å². The summed E-state index contributed by atoms with van der Waals surface area (Å²) in [6, 6.07) is 69.8. The molecular weight excluding hydrogens is 1820 g/mol. The van der Waals surface area contributed by atoms with Crippen LogP contribution in [0.2, 0.25) is 0 Å². The number of likely N-dealkylation sites (tertiary alicyclic amines) is 1. The van der Waals surface area contributed by atoms with Crippen LogP contribution in [0.4, 0.5) is 34.6 Å². The summed E-state index contributed by atoms with van der Waals surface area (Å²) in [5.74, 6) is 3.66.